The Bertz CT molecular complexity index is 1000. The molecule has 0 aliphatic heterocycles. The summed E-state index contributed by atoms with van der Waals surface area (Å²) in [7, 11) is 0. The molecule has 1 aliphatic rings. The minimum absolute atomic E-state index is 0.216. The Hall–Kier alpha value is -2.84. The Kier molecular flexibility index (Phi) is 4.59. The molecule has 8 heteroatoms. The number of rotatable bonds is 6. The van der Waals surface area contributed by atoms with Crippen molar-refractivity contribution in [1.29, 1.82) is 0 Å². The topological polar surface area (TPSA) is 97.5 Å². The van der Waals surface area contributed by atoms with E-state index >= 15 is 0 Å². The number of pyridine rings is 1. The number of aliphatic hydroxyl groups excluding tert-OH is 1. The molecule has 1 fully saturated rings. The van der Waals surface area contributed by atoms with Crippen LogP contribution >= 0.6 is 0 Å². The maximum absolute atomic E-state index is 14.0. The number of carboxylic acid groups (broad SMARTS) is 1. The number of nitrogens with zero attached hydrogens (tertiary/aromatic N) is 3. The van der Waals surface area contributed by atoms with Crippen molar-refractivity contribution in [3.8, 4) is 5.69 Å². The number of hydrogen-bond acceptors (Lipinski definition) is 5. The molecule has 0 bridgehead atoms. The second-order valence-corrected chi connectivity index (χ2v) is 6.61. The Morgan fingerprint density at radius 2 is 2.15 bits per heavy atom. The lowest BCUT2D eigenvalue weighted by atomic mass is 9.96. The Labute approximate surface area is 154 Å². The van der Waals surface area contributed by atoms with E-state index in [1.807, 2.05) is 0 Å². The van der Waals surface area contributed by atoms with Crippen LogP contribution in [-0.2, 0) is 4.74 Å². The molecule has 1 aliphatic carbocycles. The molecular formula is C19H18FN3O4. The van der Waals surface area contributed by atoms with Gasteiger partial charge in [0.15, 0.2) is 5.65 Å². The van der Waals surface area contributed by atoms with Gasteiger partial charge in [-0.15, -0.1) is 0 Å². The monoisotopic (exact) mass is 371 g/mol. The number of halogens is 1. The summed E-state index contributed by atoms with van der Waals surface area (Å²) in [6.45, 7) is 0.216. The van der Waals surface area contributed by atoms with Crippen LogP contribution in [0.4, 0.5) is 4.39 Å². The lowest BCUT2D eigenvalue weighted by molar-refractivity contribution is -0.0427. The van der Waals surface area contributed by atoms with Crippen molar-refractivity contribution in [2.45, 2.75) is 31.5 Å². The fraction of sp³-hybridized carbons (Fsp3) is 0.316. The van der Waals surface area contributed by atoms with E-state index in [0.717, 1.165) is 18.9 Å². The highest BCUT2D eigenvalue weighted by molar-refractivity contribution is 5.88. The molecule has 1 saturated carbocycles. The first-order chi connectivity index (χ1) is 13.0. The van der Waals surface area contributed by atoms with Crippen LogP contribution in [0.15, 0.2) is 36.7 Å². The molecule has 2 aromatic heterocycles. The number of ether oxygens (including phenoxy) is 1. The third kappa shape index (κ3) is 3.41. The SMILES string of the molecule is O=C(O)c1ccc(-n2ncc3cc([C@H](O)COC4CCC4)cnc32)cc1F. The quantitative estimate of drug-likeness (QED) is 0.692. The molecule has 3 aromatic rings. The highest BCUT2D eigenvalue weighted by Gasteiger charge is 2.20. The van der Waals surface area contributed by atoms with Crippen molar-refractivity contribution in [1.82, 2.24) is 14.8 Å². The van der Waals surface area contributed by atoms with Gasteiger partial charge in [0.05, 0.1) is 30.2 Å². The molecule has 27 heavy (non-hydrogen) atoms. The molecule has 1 atom stereocenters. The van der Waals surface area contributed by atoms with Crippen LogP contribution in [0.5, 0.6) is 0 Å². The van der Waals surface area contributed by atoms with Gasteiger partial charge >= 0.3 is 5.97 Å². The highest BCUT2D eigenvalue weighted by Crippen LogP contribution is 2.25. The van der Waals surface area contributed by atoms with Gasteiger partial charge in [0.1, 0.15) is 11.9 Å². The normalized spacial score (nSPS) is 15.6. The number of aromatic nitrogens is 3. The van der Waals surface area contributed by atoms with E-state index in [9.17, 15) is 14.3 Å². The third-order valence-electron chi connectivity index (χ3n) is 4.78. The number of fused-ring (bicyclic) bond motifs is 1. The number of carboxylic acids is 1. The van der Waals surface area contributed by atoms with E-state index in [4.69, 9.17) is 9.84 Å². The van der Waals surface area contributed by atoms with Crippen molar-refractivity contribution >= 4 is 17.0 Å². The van der Waals surface area contributed by atoms with E-state index in [1.165, 1.54) is 29.4 Å². The number of benzene rings is 1. The number of carbonyl (C=O) groups is 1. The third-order valence-corrected chi connectivity index (χ3v) is 4.78. The van der Waals surface area contributed by atoms with Gasteiger partial charge in [-0.3, -0.25) is 0 Å². The number of hydrogen-bond donors (Lipinski definition) is 2. The first-order valence-electron chi connectivity index (χ1n) is 8.69. The maximum atomic E-state index is 14.0. The molecule has 0 spiro atoms. The summed E-state index contributed by atoms with van der Waals surface area (Å²) in [5, 5.41) is 24.1. The van der Waals surface area contributed by atoms with Crippen LogP contribution in [-0.4, -0.2) is 43.7 Å². The van der Waals surface area contributed by atoms with Gasteiger partial charge in [0, 0.05) is 23.2 Å². The van der Waals surface area contributed by atoms with Crippen molar-refractivity contribution in [2.24, 2.45) is 0 Å². The van der Waals surface area contributed by atoms with Crippen molar-refractivity contribution in [3.05, 3.63) is 53.6 Å². The van der Waals surface area contributed by atoms with Gasteiger partial charge in [-0.05, 0) is 37.5 Å². The highest BCUT2D eigenvalue weighted by atomic mass is 19.1. The Morgan fingerprint density at radius 1 is 1.33 bits per heavy atom. The molecular weight excluding hydrogens is 353 g/mol. The van der Waals surface area contributed by atoms with Crippen molar-refractivity contribution < 1.29 is 24.1 Å². The number of aromatic carboxylic acids is 1. The lowest BCUT2D eigenvalue weighted by Crippen LogP contribution is -2.24. The van der Waals surface area contributed by atoms with Crippen LogP contribution in [0, 0.1) is 5.82 Å². The average molecular weight is 371 g/mol. The summed E-state index contributed by atoms with van der Waals surface area (Å²) in [5.74, 6) is -2.17. The Morgan fingerprint density at radius 3 is 2.81 bits per heavy atom. The van der Waals surface area contributed by atoms with Crippen LogP contribution in [0.3, 0.4) is 0 Å². The predicted octanol–water partition coefficient (Wildman–Crippen LogP) is 2.86. The summed E-state index contributed by atoms with van der Waals surface area (Å²) in [6.07, 6.45) is 5.80. The minimum atomic E-state index is -1.33. The largest absolute Gasteiger partial charge is 0.478 e. The van der Waals surface area contributed by atoms with E-state index in [2.05, 4.69) is 10.1 Å². The van der Waals surface area contributed by atoms with E-state index in [-0.39, 0.29) is 12.7 Å². The van der Waals surface area contributed by atoms with Crippen LogP contribution < -0.4 is 0 Å². The molecule has 7 nitrogen and oxygen atoms in total. The molecule has 2 N–H and O–H groups in total. The van der Waals surface area contributed by atoms with Crippen LogP contribution in [0.25, 0.3) is 16.7 Å². The zero-order chi connectivity index (χ0) is 19.0. The van der Waals surface area contributed by atoms with Crippen molar-refractivity contribution in [3.63, 3.8) is 0 Å². The molecule has 0 unspecified atom stereocenters. The van der Waals surface area contributed by atoms with E-state index < -0.39 is 23.5 Å². The summed E-state index contributed by atoms with van der Waals surface area (Å²) in [6, 6.07) is 5.53. The van der Waals surface area contributed by atoms with Crippen molar-refractivity contribution in [2.75, 3.05) is 6.61 Å². The second-order valence-electron chi connectivity index (χ2n) is 6.61. The second kappa shape index (κ2) is 7.05. The van der Waals surface area contributed by atoms with E-state index in [1.54, 1.807) is 12.3 Å². The van der Waals surface area contributed by atoms with Gasteiger partial charge in [0.25, 0.3) is 0 Å². The summed E-state index contributed by atoms with van der Waals surface area (Å²) >= 11 is 0. The zero-order valence-electron chi connectivity index (χ0n) is 14.4. The number of aliphatic hydroxyl groups is 1. The minimum Gasteiger partial charge on any atom is -0.478 e. The maximum Gasteiger partial charge on any atom is 0.338 e. The summed E-state index contributed by atoms with van der Waals surface area (Å²) in [4.78, 5) is 15.3. The Balaban J connectivity index is 1.58. The molecule has 2 heterocycles. The van der Waals surface area contributed by atoms with Gasteiger partial charge in [-0.1, -0.05) is 0 Å². The summed E-state index contributed by atoms with van der Waals surface area (Å²) < 4.78 is 21.0. The molecule has 0 radical (unpaired) electrons. The van der Waals surface area contributed by atoms with Gasteiger partial charge in [0.2, 0.25) is 0 Å². The molecule has 4 rings (SSSR count). The molecule has 0 saturated heterocycles. The standard InChI is InChI=1S/C19H18FN3O4/c20-16-7-13(4-5-15(16)19(25)26)23-18-12(9-22-23)6-11(8-21-18)17(24)10-27-14-2-1-3-14/h4-9,14,17,24H,1-3,10H2,(H,25,26)/t17-/m1/s1. The first kappa shape index (κ1) is 17.6. The van der Waals surface area contributed by atoms with Gasteiger partial charge in [-0.25, -0.2) is 18.9 Å². The zero-order valence-corrected chi connectivity index (χ0v) is 14.4. The first-order valence-corrected chi connectivity index (χ1v) is 8.69. The molecule has 0 amide bonds. The fourth-order valence-electron chi connectivity index (χ4n) is 2.98. The summed E-state index contributed by atoms with van der Waals surface area (Å²) in [5.41, 5.74) is 1.06. The van der Waals surface area contributed by atoms with Gasteiger partial charge < -0.3 is 14.9 Å². The molecule has 1 aromatic carbocycles. The predicted molar refractivity (Wildman–Crippen MR) is 94.3 cm³/mol. The van der Waals surface area contributed by atoms with Crippen LogP contribution in [0.2, 0.25) is 0 Å². The van der Waals surface area contributed by atoms with Crippen LogP contribution in [0.1, 0.15) is 41.3 Å². The van der Waals surface area contributed by atoms with Gasteiger partial charge in [-0.2, -0.15) is 5.10 Å². The lowest BCUT2D eigenvalue weighted by Gasteiger charge is -2.26. The average Bonchev–Trinajstić information content (AvgIpc) is 3.03. The smallest absolute Gasteiger partial charge is 0.338 e. The van der Waals surface area contributed by atoms with E-state index in [0.29, 0.717) is 22.3 Å². The molecule has 140 valence electrons. The fourth-order valence-corrected chi connectivity index (χ4v) is 2.98.